The van der Waals surface area contributed by atoms with Gasteiger partial charge in [-0.15, -0.1) is 0 Å². The second-order valence-corrected chi connectivity index (χ2v) is 7.39. The summed E-state index contributed by atoms with van der Waals surface area (Å²) in [6.45, 7) is 5.84. The van der Waals surface area contributed by atoms with Crippen molar-refractivity contribution in [3.05, 3.63) is 62.6 Å². The zero-order valence-electron chi connectivity index (χ0n) is 14.7. The first-order chi connectivity index (χ1) is 12.3. The Kier molecular flexibility index (Phi) is 7.06. The predicted octanol–water partition coefficient (Wildman–Crippen LogP) is 4.37. The van der Waals surface area contributed by atoms with Gasteiger partial charge in [-0.2, -0.15) is 0 Å². The first-order valence-corrected chi connectivity index (χ1v) is 9.22. The number of aryl methyl sites for hydroxylation is 1. The molecule has 2 aromatic rings. The fraction of sp³-hybridized carbons (Fsp3) is 0.263. The molecule has 2 amide bonds. The van der Waals surface area contributed by atoms with E-state index in [2.05, 4.69) is 40.6 Å². The molecule has 0 heterocycles. The summed E-state index contributed by atoms with van der Waals surface area (Å²) in [5.41, 5.74) is 7.03. The van der Waals surface area contributed by atoms with Crippen LogP contribution in [0.25, 0.3) is 0 Å². The normalized spacial score (nSPS) is 10.5. The maximum absolute atomic E-state index is 12.0. The molecule has 0 unspecified atom stereocenters. The summed E-state index contributed by atoms with van der Waals surface area (Å²) in [5, 5.41) is 0.444. The SMILES string of the molecule is Cc1cc(OCC(=O)NNC(=O)c2cccc(Cl)c2)c(C(C)C)cc1Br. The van der Waals surface area contributed by atoms with Gasteiger partial charge >= 0.3 is 0 Å². The zero-order valence-corrected chi connectivity index (χ0v) is 17.1. The molecule has 7 heteroatoms. The lowest BCUT2D eigenvalue weighted by atomic mass is 10.0. The average Bonchev–Trinajstić information content (AvgIpc) is 2.60. The lowest BCUT2D eigenvalue weighted by Crippen LogP contribution is -2.43. The number of carbonyl (C=O) groups excluding carboxylic acids is 2. The Morgan fingerprint density at radius 2 is 1.92 bits per heavy atom. The van der Waals surface area contributed by atoms with Crippen LogP contribution in [0.2, 0.25) is 5.02 Å². The number of hydrogen-bond acceptors (Lipinski definition) is 3. The average molecular weight is 440 g/mol. The molecule has 0 bridgehead atoms. The molecule has 138 valence electrons. The molecule has 0 aliphatic heterocycles. The second kappa shape index (κ2) is 9.05. The zero-order chi connectivity index (χ0) is 19.3. The van der Waals surface area contributed by atoms with Gasteiger partial charge in [-0.1, -0.05) is 47.4 Å². The van der Waals surface area contributed by atoms with Gasteiger partial charge in [0.25, 0.3) is 11.8 Å². The van der Waals surface area contributed by atoms with Crippen molar-refractivity contribution in [1.82, 2.24) is 10.9 Å². The van der Waals surface area contributed by atoms with Crippen molar-refractivity contribution in [3.63, 3.8) is 0 Å². The molecule has 0 saturated carbocycles. The topological polar surface area (TPSA) is 67.4 Å². The molecule has 0 aliphatic rings. The van der Waals surface area contributed by atoms with Crippen LogP contribution in [0.5, 0.6) is 5.75 Å². The Bertz CT molecular complexity index is 824. The van der Waals surface area contributed by atoms with E-state index >= 15 is 0 Å². The Morgan fingerprint density at radius 1 is 1.19 bits per heavy atom. The highest BCUT2D eigenvalue weighted by molar-refractivity contribution is 9.10. The summed E-state index contributed by atoms with van der Waals surface area (Å²) in [5.74, 6) is -0.0247. The van der Waals surface area contributed by atoms with Crippen LogP contribution >= 0.6 is 27.5 Å². The highest BCUT2D eigenvalue weighted by Crippen LogP contribution is 2.32. The Labute approximate surface area is 166 Å². The maximum atomic E-state index is 12.0. The van der Waals surface area contributed by atoms with Crippen LogP contribution in [0.3, 0.4) is 0 Å². The third-order valence-corrected chi connectivity index (χ3v) is 4.76. The van der Waals surface area contributed by atoms with E-state index in [0.29, 0.717) is 16.3 Å². The summed E-state index contributed by atoms with van der Waals surface area (Å²) >= 11 is 9.35. The van der Waals surface area contributed by atoms with Crippen LogP contribution in [0.4, 0.5) is 0 Å². The van der Waals surface area contributed by atoms with Gasteiger partial charge in [-0.05, 0) is 54.3 Å². The Morgan fingerprint density at radius 3 is 2.58 bits per heavy atom. The quantitative estimate of drug-likeness (QED) is 0.680. The summed E-state index contributed by atoms with van der Waals surface area (Å²) < 4.78 is 6.64. The van der Waals surface area contributed by atoms with E-state index in [4.69, 9.17) is 16.3 Å². The predicted molar refractivity (Wildman–Crippen MR) is 106 cm³/mol. The van der Waals surface area contributed by atoms with Gasteiger partial charge in [-0.25, -0.2) is 0 Å². The number of nitrogens with one attached hydrogen (secondary N) is 2. The number of halogens is 2. The van der Waals surface area contributed by atoms with E-state index < -0.39 is 11.8 Å². The van der Waals surface area contributed by atoms with Crippen LogP contribution in [0.15, 0.2) is 40.9 Å². The minimum absolute atomic E-state index is 0.212. The van der Waals surface area contributed by atoms with Crippen molar-refractivity contribution in [2.24, 2.45) is 0 Å². The van der Waals surface area contributed by atoms with Gasteiger partial charge in [0.05, 0.1) is 0 Å². The largest absolute Gasteiger partial charge is 0.483 e. The first-order valence-electron chi connectivity index (χ1n) is 8.05. The number of rotatable bonds is 5. The molecule has 5 nitrogen and oxygen atoms in total. The number of amides is 2. The number of ether oxygens (including phenoxy) is 1. The summed E-state index contributed by atoms with van der Waals surface area (Å²) in [6, 6.07) is 10.3. The Hall–Kier alpha value is -2.05. The van der Waals surface area contributed by atoms with Crippen LogP contribution in [-0.2, 0) is 4.79 Å². The molecule has 2 N–H and O–H groups in total. The molecule has 2 aromatic carbocycles. The van der Waals surface area contributed by atoms with Gasteiger partial charge in [0.1, 0.15) is 5.75 Å². The highest BCUT2D eigenvalue weighted by Gasteiger charge is 2.13. The fourth-order valence-electron chi connectivity index (χ4n) is 2.25. The second-order valence-electron chi connectivity index (χ2n) is 6.10. The third kappa shape index (κ3) is 5.47. The third-order valence-electron chi connectivity index (χ3n) is 3.67. The van der Waals surface area contributed by atoms with Crippen molar-refractivity contribution >= 4 is 39.3 Å². The van der Waals surface area contributed by atoms with Crippen molar-refractivity contribution < 1.29 is 14.3 Å². The van der Waals surface area contributed by atoms with Crippen LogP contribution in [0.1, 0.15) is 41.3 Å². The van der Waals surface area contributed by atoms with E-state index in [1.54, 1.807) is 18.2 Å². The lowest BCUT2D eigenvalue weighted by molar-refractivity contribution is -0.123. The minimum atomic E-state index is -0.462. The Balaban J connectivity index is 1.93. The molecule has 0 aromatic heterocycles. The summed E-state index contributed by atoms with van der Waals surface area (Å²) in [6.07, 6.45) is 0. The van der Waals surface area contributed by atoms with Crippen LogP contribution in [0, 0.1) is 6.92 Å². The molecule has 26 heavy (non-hydrogen) atoms. The molecular formula is C19H20BrClN2O3. The molecule has 0 radical (unpaired) electrons. The number of benzene rings is 2. The molecule has 2 rings (SSSR count). The molecule has 0 spiro atoms. The van der Waals surface area contributed by atoms with Crippen LogP contribution in [-0.4, -0.2) is 18.4 Å². The summed E-state index contributed by atoms with van der Waals surface area (Å²) in [4.78, 5) is 23.9. The summed E-state index contributed by atoms with van der Waals surface area (Å²) in [7, 11) is 0. The van der Waals surface area contributed by atoms with Gasteiger partial charge < -0.3 is 4.74 Å². The van der Waals surface area contributed by atoms with Gasteiger partial charge in [0.15, 0.2) is 6.61 Å². The van der Waals surface area contributed by atoms with Gasteiger partial charge in [-0.3, -0.25) is 20.4 Å². The number of hydrazine groups is 1. The number of carbonyl (C=O) groups is 2. The van der Waals surface area contributed by atoms with E-state index in [1.165, 1.54) is 6.07 Å². The highest BCUT2D eigenvalue weighted by atomic mass is 79.9. The van der Waals surface area contributed by atoms with Crippen molar-refractivity contribution in [2.45, 2.75) is 26.7 Å². The molecule has 0 atom stereocenters. The minimum Gasteiger partial charge on any atom is -0.483 e. The monoisotopic (exact) mass is 438 g/mol. The van der Waals surface area contributed by atoms with Crippen molar-refractivity contribution in [2.75, 3.05) is 6.61 Å². The van der Waals surface area contributed by atoms with Crippen molar-refractivity contribution in [3.8, 4) is 5.75 Å². The molecular weight excluding hydrogens is 420 g/mol. The van der Waals surface area contributed by atoms with Gasteiger partial charge in [0.2, 0.25) is 0 Å². The lowest BCUT2D eigenvalue weighted by Gasteiger charge is -2.16. The maximum Gasteiger partial charge on any atom is 0.276 e. The van der Waals surface area contributed by atoms with E-state index in [-0.39, 0.29) is 12.5 Å². The van der Waals surface area contributed by atoms with E-state index in [0.717, 1.165) is 15.6 Å². The standard InChI is InChI=1S/C19H20BrClN2O3/c1-11(2)15-9-16(20)12(3)7-17(15)26-10-18(24)22-23-19(25)13-5-4-6-14(21)8-13/h4-9,11H,10H2,1-3H3,(H,22,24)(H,23,25). The van der Waals surface area contributed by atoms with Crippen LogP contribution < -0.4 is 15.6 Å². The van der Waals surface area contributed by atoms with E-state index in [1.807, 2.05) is 19.1 Å². The molecule has 0 aliphatic carbocycles. The number of hydrogen-bond donors (Lipinski definition) is 2. The van der Waals surface area contributed by atoms with Gasteiger partial charge in [0, 0.05) is 15.1 Å². The first kappa shape index (κ1) is 20.3. The smallest absolute Gasteiger partial charge is 0.276 e. The molecule has 0 saturated heterocycles. The molecule has 0 fully saturated rings. The van der Waals surface area contributed by atoms with E-state index in [9.17, 15) is 9.59 Å². The fourth-order valence-corrected chi connectivity index (χ4v) is 2.81. The van der Waals surface area contributed by atoms with Crippen molar-refractivity contribution in [1.29, 1.82) is 0 Å².